The highest BCUT2D eigenvalue weighted by Crippen LogP contribution is 2.29. The van der Waals surface area contributed by atoms with Crippen LogP contribution in [0.5, 0.6) is 0 Å². The van der Waals surface area contributed by atoms with Crippen molar-refractivity contribution in [3.8, 4) is 10.6 Å². The molecule has 0 aliphatic carbocycles. The van der Waals surface area contributed by atoms with Gasteiger partial charge in [-0.3, -0.25) is 0 Å². The molecule has 0 aliphatic heterocycles. The fourth-order valence-corrected chi connectivity index (χ4v) is 3.07. The lowest BCUT2D eigenvalue weighted by molar-refractivity contribution is 0.995. The zero-order valence-electron chi connectivity index (χ0n) is 10.1. The maximum Gasteiger partial charge on any atom is 0.138 e. The molecule has 3 aromatic heterocycles. The van der Waals surface area contributed by atoms with Crippen LogP contribution in [0.3, 0.4) is 0 Å². The molecule has 0 spiro atoms. The Labute approximate surface area is 115 Å². The lowest BCUT2D eigenvalue weighted by Crippen LogP contribution is -1.92. The van der Waals surface area contributed by atoms with Crippen molar-refractivity contribution >= 4 is 28.6 Å². The molecular formula is C14H13ClN2S. The fourth-order valence-electron chi connectivity index (χ4n) is 2.17. The number of thiophene rings is 1. The quantitative estimate of drug-likeness (QED) is 0.650. The smallest absolute Gasteiger partial charge is 0.138 e. The first-order chi connectivity index (χ1) is 8.83. The van der Waals surface area contributed by atoms with Gasteiger partial charge in [0.2, 0.25) is 0 Å². The summed E-state index contributed by atoms with van der Waals surface area (Å²) in [6.07, 6.45) is 3.03. The third kappa shape index (κ3) is 1.84. The molecule has 18 heavy (non-hydrogen) atoms. The Morgan fingerprint density at radius 2 is 2.28 bits per heavy atom. The molecule has 0 aromatic carbocycles. The molecular weight excluding hydrogens is 264 g/mol. The van der Waals surface area contributed by atoms with Crippen molar-refractivity contribution in [2.75, 3.05) is 0 Å². The number of aryl methyl sites for hydroxylation is 1. The van der Waals surface area contributed by atoms with E-state index in [1.165, 1.54) is 10.6 Å². The molecule has 0 bridgehead atoms. The first-order valence-electron chi connectivity index (χ1n) is 5.93. The Hall–Kier alpha value is -1.32. The van der Waals surface area contributed by atoms with Crippen LogP contribution in [-0.2, 0) is 12.3 Å². The molecule has 0 N–H and O–H groups in total. The van der Waals surface area contributed by atoms with E-state index in [9.17, 15) is 0 Å². The molecule has 0 fully saturated rings. The van der Waals surface area contributed by atoms with E-state index in [4.69, 9.17) is 16.6 Å². The van der Waals surface area contributed by atoms with E-state index in [-0.39, 0.29) is 0 Å². The molecule has 3 aromatic rings. The number of imidazole rings is 1. The normalized spacial score (nSPS) is 11.2. The van der Waals surface area contributed by atoms with Crippen LogP contribution in [0.15, 0.2) is 35.8 Å². The fraction of sp³-hybridized carbons (Fsp3) is 0.214. The molecule has 0 amide bonds. The van der Waals surface area contributed by atoms with Crippen molar-refractivity contribution in [2.45, 2.75) is 19.2 Å². The Kier molecular flexibility index (Phi) is 3.10. The highest BCUT2D eigenvalue weighted by molar-refractivity contribution is 7.13. The average molecular weight is 277 g/mol. The van der Waals surface area contributed by atoms with Crippen molar-refractivity contribution in [1.29, 1.82) is 0 Å². The monoisotopic (exact) mass is 276 g/mol. The van der Waals surface area contributed by atoms with E-state index in [1.807, 2.05) is 0 Å². The molecule has 0 unspecified atom stereocenters. The average Bonchev–Trinajstić information content (AvgIpc) is 3.04. The first-order valence-corrected chi connectivity index (χ1v) is 7.34. The van der Waals surface area contributed by atoms with Gasteiger partial charge in [-0.15, -0.1) is 22.9 Å². The molecule has 92 valence electrons. The highest BCUT2D eigenvalue weighted by Gasteiger charge is 2.13. The van der Waals surface area contributed by atoms with Gasteiger partial charge in [-0.2, -0.15) is 0 Å². The van der Waals surface area contributed by atoms with E-state index in [1.54, 1.807) is 11.3 Å². The molecule has 0 radical (unpaired) electrons. The lowest BCUT2D eigenvalue weighted by Gasteiger charge is -2.01. The number of halogens is 1. The number of rotatable bonds is 3. The Morgan fingerprint density at radius 1 is 1.39 bits per heavy atom. The standard InChI is InChI=1S/C14H13ClN2S/c1-2-11-14(12-4-3-7-18-12)16-13-8-10(9-15)5-6-17(11)13/h3-8H,2,9H2,1H3. The number of hydrogen-bond donors (Lipinski definition) is 0. The van der Waals surface area contributed by atoms with Crippen LogP contribution in [0.4, 0.5) is 0 Å². The van der Waals surface area contributed by atoms with E-state index in [0.717, 1.165) is 23.3 Å². The van der Waals surface area contributed by atoms with E-state index < -0.39 is 0 Å². The predicted octanol–water partition coefficient (Wildman–Crippen LogP) is 4.36. The van der Waals surface area contributed by atoms with E-state index in [0.29, 0.717) is 5.88 Å². The minimum absolute atomic E-state index is 0.527. The number of hydrogen-bond acceptors (Lipinski definition) is 2. The number of nitrogens with zero attached hydrogens (tertiary/aromatic N) is 2. The van der Waals surface area contributed by atoms with Gasteiger partial charge in [0.05, 0.1) is 10.6 Å². The van der Waals surface area contributed by atoms with Gasteiger partial charge in [0.15, 0.2) is 0 Å². The zero-order valence-corrected chi connectivity index (χ0v) is 11.6. The molecule has 4 heteroatoms. The Morgan fingerprint density at radius 3 is 2.94 bits per heavy atom. The van der Waals surface area contributed by atoms with Gasteiger partial charge in [0, 0.05) is 12.1 Å². The summed E-state index contributed by atoms with van der Waals surface area (Å²) in [7, 11) is 0. The second-order valence-corrected chi connectivity index (χ2v) is 5.35. The van der Waals surface area contributed by atoms with Crippen molar-refractivity contribution < 1.29 is 0 Å². The van der Waals surface area contributed by atoms with Gasteiger partial charge in [-0.05, 0) is 35.6 Å². The summed E-state index contributed by atoms with van der Waals surface area (Å²) in [5.41, 5.74) is 4.44. The van der Waals surface area contributed by atoms with Crippen LogP contribution in [-0.4, -0.2) is 9.38 Å². The maximum absolute atomic E-state index is 5.87. The van der Waals surface area contributed by atoms with Gasteiger partial charge in [-0.1, -0.05) is 13.0 Å². The first kappa shape index (κ1) is 11.8. The largest absolute Gasteiger partial charge is 0.303 e. The van der Waals surface area contributed by atoms with Crippen molar-refractivity contribution in [2.24, 2.45) is 0 Å². The van der Waals surface area contributed by atoms with Gasteiger partial charge >= 0.3 is 0 Å². The number of aromatic nitrogens is 2. The second-order valence-electron chi connectivity index (χ2n) is 4.13. The summed E-state index contributed by atoms with van der Waals surface area (Å²) < 4.78 is 2.16. The van der Waals surface area contributed by atoms with Crippen LogP contribution in [0.1, 0.15) is 18.2 Å². The van der Waals surface area contributed by atoms with Crippen LogP contribution in [0.2, 0.25) is 0 Å². The van der Waals surface area contributed by atoms with Crippen LogP contribution in [0, 0.1) is 0 Å². The van der Waals surface area contributed by atoms with Crippen molar-refractivity contribution in [1.82, 2.24) is 9.38 Å². The number of alkyl halides is 1. The zero-order chi connectivity index (χ0) is 12.5. The summed E-state index contributed by atoms with van der Waals surface area (Å²) in [4.78, 5) is 5.97. The van der Waals surface area contributed by atoms with Crippen LogP contribution < -0.4 is 0 Å². The summed E-state index contributed by atoms with van der Waals surface area (Å²) >= 11 is 7.60. The molecule has 0 saturated carbocycles. The SMILES string of the molecule is CCc1c(-c2cccs2)nc2cc(CCl)ccn12. The second kappa shape index (κ2) is 4.75. The van der Waals surface area contributed by atoms with Gasteiger partial charge in [0.1, 0.15) is 11.3 Å². The topological polar surface area (TPSA) is 17.3 Å². The lowest BCUT2D eigenvalue weighted by atomic mass is 10.2. The van der Waals surface area contributed by atoms with Crippen LogP contribution in [0.25, 0.3) is 16.2 Å². The van der Waals surface area contributed by atoms with Gasteiger partial charge in [0.25, 0.3) is 0 Å². The van der Waals surface area contributed by atoms with Crippen molar-refractivity contribution in [3.63, 3.8) is 0 Å². The highest BCUT2D eigenvalue weighted by atomic mass is 35.5. The van der Waals surface area contributed by atoms with Gasteiger partial charge < -0.3 is 4.40 Å². The maximum atomic E-state index is 5.87. The number of fused-ring (bicyclic) bond motifs is 1. The number of pyridine rings is 1. The molecule has 0 saturated heterocycles. The predicted molar refractivity (Wildman–Crippen MR) is 77.4 cm³/mol. The summed E-state index contributed by atoms with van der Waals surface area (Å²) in [6, 6.07) is 8.30. The molecule has 0 aliphatic rings. The minimum Gasteiger partial charge on any atom is -0.303 e. The Balaban J connectivity index is 2.26. The summed E-state index contributed by atoms with van der Waals surface area (Å²) in [6.45, 7) is 2.16. The third-order valence-electron chi connectivity index (χ3n) is 3.03. The molecule has 2 nitrogen and oxygen atoms in total. The molecule has 0 atom stereocenters. The Bertz CT molecular complexity index is 670. The van der Waals surface area contributed by atoms with Crippen LogP contribution >= 0.6 is 22.9 Å². The van der Waals surface area contributed by atoms with Crippen molar-refractivity contribution in [3.05, 3.63) is 47.1 Å². The third-order valence-corrected chi connectivity index (χ3v) is 4.22. The van der Waals surface area contributed by atoms with E-state index >= 15 is 0 Å². The summed E-state index contributed by atoms with van der Waals surface area (Å²) in [5.74, 6) is 0.527. The minimum atomic E-state index is 0.527. The molecule has 3 heterocycles. The van der Waals surface area contributed by atoms with Gasteiger partial charge in [-0.25, -0.2) is 4.98 Å². The molecule has 3 rings (SSSR count). The summed E-state index contributed by atoms with van der Waals surface area (Å²) in [5, 5.41) is 2.09. The van der Waals surface area contributed by atoms with E-state index in [2.05, 4.69) is 47.2 Å².